The molecule has 4 heteroatoms. The van der Waals surface area contributed by atoms with E-state index in [2.05, 4.69) is 12.2 Å². The highest BCUT2D eigenvalue weighted by molar-refractivity contribution is 5.73. The van der Waals surface area contributed by atoms with E-state index in [-0.39, 0.29) is 23.8 Å². The van der Waals surface area contributed by atoms with Crippen molar-refractivity contribution in [2.24, 2.45) is 11.8 Å². The fourth-order valence-corrected chi connectivity index (χ4v) is 2.79. The zero-order valence-electron chi connectivity index (χ0n) is 11.0. The third kappa shape index (κ3) is 4.02. The number of hydrogen-bond donors (Lipinski definition) is 1. The Labute approximate surface area is 103 Å². The Hall–Kier alpha value is -1.06. The Kier molecular flexibility index (Phi) is 5.45. The summed E-state index contributed by atoms with van der Waals surface area (Å²) >= 11 is 0. The second-order valence-electron chi connectivity index (χ2n) is 4.86. The number of nitrogens with one attached hydrogen (secondary N) is 1. The van der Waals surface area contributed by atoms with E-state index in [1.165, 1.54) is 7.11 Å². The number of carbonyl (C=O) groups excluding carboxylic acids is 2. The van der Waals surface area contributed by atoms with Crippen LogP contribution in [0, 0.1) is 11.8 Å². The van der Waals surface area contributed by atoms with Crippen LogP contribution in [-0.4, -0.2) is 25.0 Å². The second kappa shape index (κ2) is 6.62. The molecule has 1 saturated carbocycles. The number of hydrogen-bond acceptors (Lipinski definition) is 3. The molecule has 1 amide bonds. The number of rotatable bonds is 4. The minimum absolute atomic E-state index is 0.0111. The molecule has 0 unspecified atom stereocenters. The van der Waals surface area contributed by atoms with Crippen molar-refractivity contribution in [3.05, 3.63) is 0 Å². The molecule has 1 aliphatic rings. The van der Waals surface area contributed by atoms with E-state index in [4.69, 9.17) is 4.74 Å². The van der Waals surface area contributed by atoms with E-state index < -0.39 is 0 Å². The lowest BCUT2D eigenvalue weighted by atomic mass is 9.77. The minimum atomic E-state index is -0.104. The molecule has 98 valence electrons. The quantitative estimate of drug-likeness (QED) is 0.765. The average molecular weight is 241 g/mol. The topological polar surface area (TPSA) is 55.4 Å². The van der Waals surface area contributed by atoms with Gasteiger partial charge in [0.1, 0.15) is 0 Å². The van der Waals surface area contributed by atoms with Crippen LogP contribution in [0.4, 0.5) is 0 Å². The molecule has 0 spiro atoms. The van der Waals surface area contributed by atoms with Crippen molar-refractivity contribution in [3.63, 3.8) is 0 Å². The first-order chi connectivity index (χ1) is 8.08. The standard InChI is InChI=1S/C13H23NO3/c1-4-12(14-9(2)15)10-6-5-7-11(8-10)13(16)17-3/h10-12H,4-8H2,1-3H3,(H,14,15)/t10-,11+,12-/m0/s1. The minimum Gasteiger partial charge on any atom is -0.469 e. The van der Waals surface area contributed by atoms with Crippen molar-refractivity contribution in [1.82, 2.24) is 5.32 Å². The smallest absolute Gasteiger partial charge is 0.308 e. The first-order valence-electron chi connectivity index (χ1n) is 6.43. The van der Waals surface area contributed by atoms with Crippen LogP contribution in [0.3, 0.4) is 0 Å². The van der Waals surface area contributed by atoms with Crippen molar-refractivity contribution >= 4 is 11.9 Å². The fraction of sp³-hybridized carbons (Fsp3) is 0.846. The molecule has 1 rings (SSSR count). The van der Waals surface area contributed by atoms with Gasteiger partial charge < -0.3 is 10.1 Å². The van der Waals surface area contributed by atoms with Crippen LogP contribution < -0.4 is 5.32 Å². The molecule has 1 fully saturated rings. The van der Waals surface area contributed by atoms with Gasteiger partial charge in [0.05, 0.1) is 13.0 Å². The van der Waals surface area contributed by atoms with Crippen LogP contribution in [0.2, 0.25) is 0 Å². The van der Waals surface area contributed by atoms with Gasteiger partial charge >= 0.3 is 5.97 Å². The Morgan fingerprint density at radius 1 is 1.41 bits per heavy atom. The predicted octanol–water partition coefficient (Wildman–Crippen LogP) is 1.88. The third-order valence-corrected chi connectivity index (χ3v) is 3.65. The van der Waals surface area contributed by atoms with Gasteiger partial charge in [-0.05, 0) is 31.6 Å². The van der Waals surface area contributed by atoms with Gasteiger partial charge in [0.2, 0.25) is 5.91 Å². The summed E-state index contributed by atoms with van der Waals surface area (Å²) in [5, 5.41) is 2.99. The van der Waals surface area contributed by atoms with Crippen molar-refractivity contribution in [3.8, 4) is 0 Å². The fourth-order valence-electron chi connectivity index (χ4n) is 2.79. The maximum atomic E-state index is 11.5. The van der Waals surface area contributed by atoms with Crippen molar-refractivity contribution in [2.45, 2.75) is 52.0 Å². The summed E-state index contributed by atoms with van der Waals surface area (Å²) in [4.78, 5) is 22.7. The number of ether oxygens (including phenoxy) is 1. The largest absolute Gasteiger partial charge is 0.469 e. The summed E-state index contributed by atoms with van der Waals surface area (Å²) in [6.45, 7) is 3.62. The molecule has 0 aromatic heterocycles. The first kappa shape index (κ1) is 14.0. The van der Waals surface area contributed by atoms with Gasteiger partial charge in [-0.3, -0.25) is 9.59 Å². The molecule has 0 aromatic carbocycles. The summed E-state index contributed by atoms with van der Waals surface area (Å²) in [7, 11) is 1.44. The lowest BCUT2D eigenvalue weighted by molar-refractivity contribution is -0.147. The van der Waals surface area contributed by atoms with Gasteiger partial charge in [-0.2, -0.15) is 0 Å². The Balaban J connectivity index is 2.57. The summed E-state index contributed by atoms with van der Waals surface area (Å²) < 4.78 is 4.81. The third-order valence-electron chi connectivity index (χ3n) is 3.65. The van der Waals surface area contributed by atoms with E-state index in [0.29, 0.717) is 5.92 Å². The van der Waals surface area contributed by atoms with Crippen LogP contribution in [0.1, 0.15) is 46.0 Å². The first-order valence-corrected chi connectivity index (χ1v) is 6.43. The lowest BCUT2D eigenvalue weighted by Gasteiger charge is -2.33. The second-order valence-corrected chi connectivity index (χ2v) is 4.86. The molecule has 3 atom stereocenters. The summed E-state index contributed by atoms with van der Waals surface area (Å²) in [5.74, 6) is 0.327. The van der Waals surface area contributed by atoms with Gasteiger partial charge in [0.25, 0.3) is 0 Å². The van der Waals surface area contributed by atoms with Gasteiger partial charge in [-0.25, -0.2) is 0 Å². The molecule has 4 nitrogen and oxygen atoms in total. The molecule has 1 N–H and O–H groups in total. The van der Waals surface area contributed by atoms with Crippen molar-refractivity contribution in [1.29, 1.82) is 0 Å². The molecular weight excluding hydrogens is 218 g/mol. The Bertz CT molecular complexity index is 278. The average Bonchev–Trinajstić information content (AvgIpc) is 2.34. The van der Waals surface area contributed by atoms with Crippen LogP contribution in [-0.2, 0) is 14.3 Å². The highest BCUT2D eigenvalue weighted by Crippen LogP contribution is 2.32. The molecule has 17 heavy (non-hydrogen) atoms. The zero-order chi connectivity index (χ0) is 12.8. The molecule has 1 aliphatic carbocycles. The van der Waals surface area contributed by atoms with Gasteiger partial charge in [0.15, 0.2) is 0 Å². The van der Waals surface area contributed by atoms with Crippen molar-refractivity contribution < 1.29 is 14.3 Å². The van der Waals surface area contributed by atoms with Gasteiger partial charge in [0, 0.05) is 13.0 Å². The monoisotopic (exact) mass is 241 g/mol. The highest BCUT2D eigenvalue weighted by Gasteiger charge is 2.31. The van der Waals surface area contributed by atoms with Gasteiger partial charge in [-0.15, -0.1) is 0 Å². The molecule has 0 aromatic rings. The molecule has 0 radical (unpaired) electrons. The number of carbonyl (C=O) groups is 2. The Morgan fingerprint density at radius 3 is 2.65 bits per heavy atom. The van der Waals surface area contributed by atoms with Crippen molar-refractivity contribution in [2.75, 3.05) is 7.11 Å². The normalized spacial score (nSPS) is 26.1. The summed E-state index contributed by atoms with van der Waals surface area (Å²) in [6, 6.07) is 0.194. The molecular formula is C13H23NO3. The molecule has 0 aliphatic heterocycles. The van der Waals surface area contributed by atoms with E-state index >= 15 is 0 Å². The Morgan fingerprint density at radius 2 is 2.12 bits per heavy atom. The summed E-state index contributed by atoms with van der Waals surface area (Å²) in [6.07, 6.45) is 4.80. The van der Waals surface area contributed by atoms with E-state index in [0.717, 1.165) is 32.1 Å². The lowest BCUT2D eigenvalue weighted by Crippen LogP contribution is -2.41. The highest BCUT2D eigenvalue weighted by atomic mass is 16.5. The van der Waals surface area contributed by atoms with Gasteiger partial charge in [-0.1, -0.05) is 13.3 Å². The van der Waals surface area contributed by atoms with Crippen LogP contribution >= 0.6 is 0 Å². The number of esters is 1. The zero-order valence-corrected chi connectivity index (χ0v) is 11.0. The molecule has 0 bridgehead atoms. The molecule has 0 saturated heterocycles. The van der Waals surface area contributed by atoms with Crippen LogP contribution in [0.15, 0.2) is 0 Å². The number of amides is 1. The maximum absolute atomic E-state index is 11.5. The van der Waals surface area contributed by atoms with E-state index in [1.54, 1.807) is 6.92 Å². The summed E-state index contributed by atoms with van der Waals surface area (Å²) in [5.41, 5.74) is 0. The maximum Gasteiger partial charge on any atom is 0.308 e. The van der Waals surface area contributed by atoms with Crippen LogP contribution in [0.5, 0.6) is 0 Å². The van der Waals surface area contributed by atoms with E-state index in [1.807, 2.05) is 0 Å². The predicted molar refractivity (Wildman–Crippen MR) is 65.4 cm³/mol. The molecule has 0 heterocycles. The number of methoxy groups -OCH3 is 1. The van der Waals surface area contributed by atoms with Crippen LogP contribution in [0.25, 0.3) is 0 Å². The SMILES string of the molecule is CC[C@H](NC(C)=O)[C@H]1CCC[C@@H](C(=O)OC)C1. The van der Waals surface area contributed by atoms with E-state index in [9.17, 15) is 9.59 Å².